The maximum atomic E-state index is 13.2. The first-order chi connectivity index (χ1) is 14.1. The summed E-state index contributed by atoms with van der Waals surface area (Å²) in [6, 6.07) is 14.2. The fourth-order valence-electron chi connectivity index (χ4n) is 4.32. The Hall–Kier alpha value is -2.34. The molecule has 5 nitrogen and oxygen atoms in total. The van der Waals surface area contributed by atoms with Crippen LogP contribution >= 0.6 is 11.6 Å². The summed E-state index contributed by atoms with van der Waals surface area (Å²) in [4.78, 5) is 19.7. The van der Waals surface area contributed by atoms with Crippen molar-refractivity contribution in [2.75, 3.05) is 33.3 Å². The number of H-pyrrole nitrogens is 1. The second-order valence-corrected chi connectivity index (χ2v) is 8.30. The lowest BCUT2D eigenvalue weighted by atomic mass is 10.1. The molecule has 3 N–H and O–H groups in total. The van der Waals surface area contributed by atoms with Gasteiger partial charge in [0.05, 0.1) is 28.6 Å². The van der Waals surface area contributed by atoms with Crippen molar-refractivity contribution in [1.29, 1.82) is 0 Å². The molecule has 3 aromatic rings. The number of rotatable bonds is 5. The van der Waals surface area contributed by atoms with Crippen LogP contribution in [0.5, 0.6) is 5.75 Å². The molecule has 0 aliphatic carbocycles. The smallest absolute Gasteiger partial charge is 0.200 e. The first-order valence-corrected chi connectivity index (χ1v) is 10.5. The van der Waals surface area contributed by atoms with Gasteiger partial charge in [0.25, 0.3) is 0 Å². The molecule has 0 bridgehead atoms. The van der Waals surface area contributed by atoms with Crippen molar-refractivity contribution >= 4 is 22.5 Å². The number of aromatic amines is 1. The van der Waals surface area contributed by atoms with Crippen molar-refractivity contribution in [1.82, 2.24) is 4.98 Å². The van der Waals surface area contributed by atoms with Crippen LogP contribution in [-0.4, -0.2) is 38.3 Å². The third-order valence-electron chi connectivity index (χ3n) is 5.99. The van der Waals surface area contributed by atoms with Crippen LogP contribution < -0.4 is 20.0 Å². The third kappa shape index (κ3) is 4.17. The molecule has 1 aliphatic heterocycles. The van der Waals surface area contributed by atoms with Gasteiger partial charge >= 0.3 is 0 Å². The number of quaternary nitrogens is 2. The molecular weight excluding hydrogens is 386 g/mol. The van der Waals surface area contributed by atoms with E-state index in [0.29, 0.717) is 21.7 Å². The first kappa shape index (κ1) is 20.0. The lowest BCUT2D eigenvalue weighted by Crippen LogP contribution is -3.27. The summed E-state index contributed by atoms with van der Waals surface area (Å²) >= 11 is 6.37. The molecule has 1 saturated heterocycles. The molecule has 0 saturated carbocycles. The van der Waals surface area contributed by atoms with E-state index in [9.17, 15) is 4.79 Å². The normalized spacial score (nSPS) is 19.4. The molecule has 1 aliphatic rings. The molecule has 1 fully saturated rings. The number of benzene rings is 2. The predicted molar refractivity (Wildman–Crippen MR) is 116 cm³/mol. The molecule has 4 rings (SSSR count). The predicted octanol–water partition coefficient (Wildman–Crippen LogP) is 0.982. The molecule has 29 heavy (non-hydrogen) atoms. The summed E-state index contributed by atoms with van der Waals surface area (Å²) in [5.41, 5.74) is 3.81. The van der Waals surface area contributed by atoms with Gasteiger partial charge in [0.1, 0.15) is 45.0 Å². The molecule has 1 aromatic heterocycles. The van der Waals surface area contributed by atoms with Gasteiger partial charge in [0.2, 0.25) is 0 Å². The minimum absolute atomic E-state index is 0.0201. The van der Waals surface area contributed by atoms with Crippen molar-refractivity contribution in [3.05, 3.63) is 74.5 Å². The van der Waals surface area contributed by atoms with Gasteiger partial charge in [0, 0.05) is 11.3 Å². The van der Waals surface area contributed by atoms with Crippen molar-refractivity contribution in [2.24, 2.45) is 0 Å². The number of hydrogen-bond acceptors (Lipinski definition) is 2. The average Bonchev–Trinajstić information content (AvgIpc) is 2.73. The lowest BCUT2D eigenvalue weighted by molar-refractivity contribution is -1.02. The van der Waals surface area contributed by atoms with Gasteiger partial charge in [-0.05, 0) is 19.1 Å². The second kappa shape index (κ2) is 8.57. The van der Waals surface area contributed by atoms with Crippen molar-refractivity contribution in [3.63, 3.8) is 0 Å². The van der Waals surface area contributed by atoms with Gasteiger partial charge in [-0.25, -0.2) is 0 Å². The van der Waals surface area contributed by atoms with Crippen LogP contribution in [0.1, 0.15) is 16.8 Å². The highest BCUT2D eigenvalue weighted by atomic mass is 35.5. The maximum absolute atomic E-state index is 13.2. The number of ether oxygens (including phenoxy) is 1. The number of halogens is 1. The molecule has 0 amide bonds. The van der Waals surface area contributed by atoms with Crippen LogP contribution in [0.2, 0.25) is 5.02 Å². The van der Waals surface area contributed by atoms with Crippen molar-refractivity contribution in [3.8, 4) is 5.75 Å². The molecule has 0 spiro atoms. The van der Waals surface area contributed by atoms with E-state index in [4.69, 9.17) is 16.3 Å². The summed E-state index contributed by atoms with van der Waals surface area (Å²) < 4.78 is 5.41. The average molecular weight is 414 g/mol. The zero-order valence-corrected chi connectivity index (χ0v) is 17.7. The molecule has 2 heterocycles. The van der Waals surface area contributed by atoms with Gasteiger partial charge in [-0.1, -0.05) is 41.9 Å². The Morgan fingerprint density at radius 2 is 1.66 bits per heavy atom. The highest BCUT2D eigenvalue weighted by Crippen LogP contribution is 2.28. The van der Waals surface area contributed by atoms with Gasteiger partial charge in [0.15, 0.2) is 5.43 Å². The van der Waals surface area contributed by atoms with Crippen molar-refractivity contribution in [2.45, 2.75) is 20.0 Å². The number of aryl methyl sites for hydroxylation is 1. The zero-order valence-electron chi connectivity index (χ0n) is 17.0. The third-order valence-corrected chi connectivity index (χ3v) is 6.31. The number of aromatic nitrogens is 1. The summed E-state index contributed by atoms with van der Waals surface area (Å²) in [5, 5.41) is 0.995. The molecule has 6 heteroatoms. The zero-order chi connectivity index (χ0) is 20.4. The molecule has 152 valence electrons. The quantitative estimate of drug-likeness (QED) is 0.584. The second-order valence-electron chi connectivity index (χ2n) is 7.90. The Kier molecular flexibility index (Phi) is 5.90. The Bertz CT molecular complexity index is 1060. The van der Waals surface area contributed by atoms with Crippen LogP contribution in [0, 0.1) is 6.92 Å². The van der Waals surface area contributed by atoms with E-state index in [-0.39, 0.29) is 5.43 Å². The van der Waals surface area contributed by atoms with E-state index in [2.05, 4.69) is 35.3 Å². The first-order valence-electron chi connectivity index (χ1n) is 10.2. The largest absolute Gasteiger partial charge is 0.495 e. The van der Waals surface area contributed by atoms with Crippen LogP contribution in [0.15, 0.2) is 47.3 Å². The minimum Gasteiger partial charge on any atom is -0.495 e. The summed E-state index contributed by atoms with van der Waals surface area (Å²) in [5.74, 6) is 0.640. The summed E-state index contributed by atoms with van der Waals surface area (Å²) in [6.07, 6.45) is 0. The summed E-state index contributed by atoms with van der Waals surface area (Å²) in [7, 11) is 1.60. The van der Waals surface area contributed by atoms with E-state index in [1.54, 1.807) is 24.1 Å². The number of pyridine rings is 1. The SMILES string of the molecule is COc1ccc(Cl)c2c(=O)c(C[NH+]3CC[NH+](Cc4ccccc4)CC3)c(C)[nH]c12. The maximum Gasteiger partial charge on any atom is 0.200 e. The highest BCUT2D eigenvalue weighted by molar-refractivity contribution is 6.35. The Morgan fingerprint density at radius 1 is 1.00 bits per heavy atom. The standard InChI is InChI=1S/C23H26ClN3O2/c1-16-18(23(28)21-19(24)8-9-20(29-2)22(21)25-16)15-27-12-10-26(11-13-27)14-17-6-4-3-5-7-17/h3-9H,10-15H2,1-2H3,(H,25,28)/p+2. The Balaban J connectivity index is 1.50. The fraction of sp³-hybridized carbons (Fsp3) is 0.348. The molecule has 2 aromatic carbocycles. The number of nitrogens with one attached hydrogen (secondary N) is 3. The molecular formula is C23H28ClN3O2+2. The number of methoxy groups -OCH3 is 1. The van der Waals surface area contributed by atoms with Gasteiger partial charge in [-0.2, -0.15) is 0 Å². The minimum atomic E-state index is 0.0201. The van der Waals surface area contributed by atoms with E-state index in [0.717, 1.165) is 50.5 Å². The number of fused-ring (bicyclic) bond motifs is 1. The van der Waals surface area contributed by atoms with E-state index in [1.807, 2.05) is 6.92 Å². The number of hydrogen-bond donors (Lipinski definition) is 3. The number of piperazine rings is 1. The Morgan fingerprint density at radius 3 is 2.31 bits per heavy atom. The van der Waals surface area contributed by atoms with E-state index >= 15 is 0 Å². The van der Waals surface area contributed by atoms with Gasteiger partial charge in [-0.3, -0.25) is 4.79 Å². The van der Waals surface area contributed by atoms with E-state index < -0.39 is 0 Å². The lowest BCUT2D eigenvalue weighted by Gasteiger charge is -2.30. The van der Waals surface area contributed by atoms with Crippen molar-refractivity contribution < 1.29 is 14.5 Å². The van der Waals surface area contributed by atoms with Crippen LogP contribution in [-0.2, 0) is 13.1 Å². The highest BCUT2D eigenvalue weighted by Gasteiger charge is 2.25. The van der Waals surface area contributed by atoms with Gasteiger partial charge in [-0.15, -0.1) is 0 Å². The molecule has 0 atom stereocenters. The summed E-state index contributed by atoms with van der Waals surface area (Å²) in [6.45, 7) is 8.11. The molecule has 0 unspecified atom stereocenters. The fourth-order valence-corrected chi connectivity index (χ4v) is 4.56. The topological polar surface area (TPSA) is 51.0 Å². The van der Waals surface area contributed by atoms with Crippen LogP contribution in [0.4, 0.5) is 0 Å². The van der Waals surface area contributed by atoms with Crippen LogP contribution in [0.25, 0.3) is 10.9 Å². The van der Waals surface area contributed by atoms with Crippen LogP contribution in [0.3, 0.4) is 0 Å². The Labute approximate surface area is 175 Å². The monoisotopic (exact) mass is 413 g/mol. The molecule has 0 radical (unpaired) electrons. The van der Waals surface area contributed by atoms with E-state index in [1.165, 1.54) is 10.5 Å². The van der Waals surface area contributed by atoms with Gasteiger partial charge < -0.3 is 19.5 Å².